The van der Waals surface area contributed by atoms with Crippen molar-refractivity contribution >= 4 is 11.7 Å². The van der Waals surface area contributed by atoms with Crippen molar-refractivity contribution in [2.24, 2.45) is 5.92 Å². The minimum absolute atomic E-state index is 0.214. The third-order valence-corrected chi connectivity index (χ3v) is 4.92. The molecule has 4 heteroatoms. The van der Waals surface area contributed by atoms with Crippen molar-refractivity contribution in [2.75, 3.05) is 19.1 Å². The molecule has 3 atom stereocenters. The van der Waals surface area contributed by atoms with E-state index in [4.69, 9.17) is 4.74 Å². The maximum atomic E-state index is 11.8. The number of hydrogen-bond acceptors (Lipinski definition) is 3. The molecule has 0 aromatic heterocycles. The Morgan fingerprint density at radius 3 is 2.80 bits per heavy atom. The fraction of sp³-hybridized carbons (Fsp3) is 0.562. The molecule has 2 aliphatic rings. The second kappa shape index (κ2) is 5.00. The van der Waals surface area contributed by atoms with Gasteiger partial charge in [-0.1, -0.05) is 12.8 Å². The number of fused-ring (bicyclic) bond motifs is 2. The van der Waals surface area contributed by atoms with E-state index in [1.807, 2.05) is 18.2 Å². The summed E-state index contributed by atoms with van der Waals surface area (Å²) in [5.74, 6) is -0.158. The summed E-state index contributed by atoms with van der Waals surface area (Å²) >= 11 is 0. The number of carbonyl (C=O) groups is 1. The summed E-state index contributed by atoms with van der Waals surface area (Å²) in [7, 11) is 3.71. The van der Waals surface area contributed by atoms with Gasteiger partial charge in [-0.25, -0.2) is 0 Å². The largest absolute Gasteiger partial charge is 0.497 e. The number of anilines is 1. The Morgan fingerprint density at radius 1 is 1.35 bits per heavy atom. The highest BCUT2D eigenvalue weighted by atomic mass is 16.5. The lowest BCUT2D eigenvalue weighted by Crippen LogP contribution is -2.48. The van der Waals surface area contributed by atoms with Crippen LogP contribution in [-0.4, -0.2) is 31.3 Å². The van der Waals surface area contributed by atoms with Crippen molar-refractivity contribution in [1.82, 2.24) is 0 Å². The van der Waals surface area contributed by atoms with Crippen LogP contribution >= 0.6 is 0 Å². The van der Waals surface area contributed by atoms with E-state index in [9.17, 15) is 9.90 Å². The van der Waals surface area contributed by atoms with Crippen molar-refractivity contribution in [1.29, 1.82) is 0 Å². The van der Waals surface area contributed by atoms with Crippen LogP contribution in [0, 0.1) is 5.92 Å². The van der Waals surface area contributed by atoms with Crippen molar-refractivity contribution in [3.63, 3.8) is 0 Å². The van der Waals surface area contributed by atoms with Gasteiger partial charge in [-0.05, 0) is 42.5 Å². The topological polar surface area (TPSA) is 49.8 Å². The highest BCUT2D eigenvalue weighted by Gasteiger charge is 2.44. The summed E-state index contributed by atoms with van der Waals surface area (Å²) in [5.41, 5.74) is 1.95. The first-order chi connectivity index (χ1) is 9.63. The second-order valence-electron chi connectivity index (χ2n) is 5.87. The molecule has 1 N–H and O–H groups in total. The van der Waals surface area contributed by atoms with E-state index in [-0.39, 0.29) is 5.92 Å². The zero-order valence-electron chi connectivity index (χ0n) is 12.0. The summed E-state index contributed by atoms with van der Waals surface area (Å²) in [6.45, 7) is 0. The molecule has 3 rings (SSSR count). The van der Waals surface area contributed by atoms with Crippen LogP contribution in [0.3, 0.4) is 0 Å². The third-order valence-electron chi connectivity index (χ3n) is 4.92. The van der Waals surface area contributed by atoms with E-state index in [0.29, 0.717) is 6.04 Å². The molecule has 3 unspecified atom stereocenters. The molecule has 1 heterocycles. The molecule has 0 spiro atoms. The van der Waals surface area contributed by atoms with Gasteiger partial charge in [0.1, 0.15) is 5.75 Å². The molecule has 0 amide bonds. The van der Waals surface area contributed by atoms with Gasteiger partial charge < -0.3 is 14.7 Å². The van der Waals surface area contributed by atoms with Crippen LogP contribution in [0.4, 0.5) is 5.69 Å². The molecule has 20 heavy (non-hydrogen) atoms. The molecule has 1 aliphatic heterocycles. The monoisotopic (exact) mass is 275 g/mol. The van der Waals surface area contributed by atoms with Crippen LogP contribution in [0.2, 0.25) is 0 Å². The highest BCUT2D eigenvalue weighted by Crippen LogP contribution is 2.48. The quantitative estimate of drug-likeness (QED) is 0.901. The summed E-state index contributed by atoms with van der Waals surface area (Å²) < 4.78 is 5.27. The number of rotatable bonds is 2. The number of nitrogens with zero attached hydrogens (tertiary/aromatic N) is 1. The smallest absolute Gasteiger partial charge is 0.311 e. The number of hydrogen-bond donors (Lipinski definition) is 1. The second-order valence-corrected chi connectivity index (χ2v) is 5.87. The van der Waals surface area contributed by atoms with E-state index in [1.165, 1.54) is 6.42 Å². The predicted octanol–water partition coefficient (Wildman–Crippen LogP) is 2.87. The molecule has 108 valence electrons. The molecule has 0 bridgehead atoms. The SMILES string of the molecule is COc1ccc2c(c1)C(C(=O)O)C1CCCCC1N2C. The van der Waals surface area contributed by atoms with Gasteiger partial charge in [0, 0.05) is 18.8 Å². The molecule has 1 saturated carbocycles. The fourth-order valence-corrected chi connectivity index (χ4v) is 3.96. The van der Waals surface area contributed by atoms with Crippen LogP contribution in [0.1, 0.15) is 37.2 Å². The van der Waals surface area contributed by atoms with Crippen molar-refractivity contribution < 1.29 is 14.6 Å². The van der Waals surface area contributed by atoms with Crippen LogP contribution in [-0.2, 0) is 4.79 Å². The third kappa shape index (κ3) is 1.94. The number of aliphatic carboxylic acids is 1. The van der Waals surface area contributed by atoms with Gasteiger partial charge >= 0.3 is 5.97 Å². The van der Waals surface area contributed by atoms with Gasteiger partial charge in [0.2, 0.25) is 0 Å². The van der Waals surface area contributed by atoms with Gasteiger partial charge in [0.05, 0.1) is 13.0 Å². The zero-order chi connectivity index (χ0) is 14.3. The molecule has 0 radical (unpaired) electrons. The average Bonchev–Trinajstić information content (AvgIpc) is 2.46. The number of benzene rings is 1. The average molecular weight is 275 g/mol. The Morgan fingerprint density at radius 2 is 2.10 bits per heavy atom. The van der Waals surface area contributed by atoms with Crippen LogP contribution in [0.25, 0.3) is 0 Å². The first-order valence-electron chi connectivity index (χ1n) is 7.27. The molecule has 1 fully saturated rings. The van der Waals surface area contributed by atoms with Gasteiger partial charge in [0.15, 0.2) is 0 Å². The lowest BCUT2D eigenvalue weighted by Gasteiger charge is -2.47. The summed E-state index contributed by atoms with van der Waals surface area (Å²) in [6, 6.07) is 6.16. The number of carboxylic acid groups (broad SMARTS) is 1. The van der Waals surface area contributed by atoms with Crippen molar-refractivity contribution in [3.8, 4) is 5.75 Å². The van der Waals surface area contributed by atoms with E-state index < -0.39 is 11.9 Å². The first-order valence-corrected chi connectivity index (χ1v) is 7.27. The van der Waals surface area contributed by atoms with Gasteiger partial charge in [-0.2, -0.15) is 0 Å². The molecule has 1 aromatic carbocycles. The van der Waals surface area contributed by atoms with E-state index in [0.717, 1.165) is 36.3 Å². The van der Waals surface area contributed by atoms with Crippen LogP contribution in [0.5, 0.6) is 5.75 Å². The molecule has 4 nitrogen and oxygen atoms in total. The number of ether oxygens (including phenoxy) is 1. The van der Waals surface area contributed by atoms with Crippen LogP contribution < -0.4 is 9.64 Å². The minimum Gasteiger partial charge on any atom is -0.497 e. The summed E-state index contributed by atoms with van der Waals surface area (Å²) in [4.78, 5) is 14.1. The normalized spacial score (nSPS) is 28.5. The maximum absolute atomic E-state index is 11.8. The van der Waals surface area contributed by atoms with E-state index in [1.54, 1.807) is 7.11 Å². The maximum Gasteiger partial charge on any atom is 0.311 e. The lowest BCUT2D eigenvalue weighted by molar-refractivity contribution is -0.141. The van der Waals surface area contributed by atoms with Gasteiger partial charge in [0.25, 0.3) is 0 Å². The van der Waals surface area contributed by atoms with E-state index in [2.05, 4.69) is 11.9 Å². The molecule has 0 saturated heterocycles. The fourth-order valence-electron chi connectivity index (χ4n) is 3.96. The number of methoxy groups -OCH3 is 1. The van der Waals surface area contributed by atoms with Crippen molar-refractivity contribution in [2.45, 2.75) is 37.6 Å². The van der Waals surface area contributed by atoms with Gasteiger partial charge in [-0.3, -0.25) is 4.79 Å². The van der Waals surface area contributed by atoms with Crippen LogP contribution in [0.15, 0.2) is 18.2 Å². The molecular weight excluding hydrogens is 254 g/mol. The Hall–Kier alpha value is -1.71. The Kier molecular flexibility index (Phi) is 3.32. The predicted molar refractivity (Wildman–Crippen MR) is 77.5 cm³/mol. The molecular formula is C16H21NO3. The molecule has 1 aliphatic carbocycles. The Bertz CT molecular complexity index is 528. The Labute approximate surface area is 119 Å². The summed E-state index contributed by atoms with van der Waals surface area (Å²) in [5, 5.41) is 9.71. The number of carboxylic acids is 1. The molecule has 1 aromatic rings. The Balaban J connectivity index is 2.12. The van der Waals surface area contributed by atoms with Gasteiger partial charge in [-0.15, -0.1) is 0 Å². The van der Waals surface area contributed by atoms with E-state index >= 15 is 0 Å². The zero-order valence-corrected chi connectivity index (χ0v) is 12.0. The summed E-state index contributed by atoms with van der Waals surface area (Å²) in [6.07, 6.45) is 4.43. The standard InChI is InChI=1S/C16H21NO3/c1-17-13-6-4-3-5-11(13)15(16(18)19)12-9-10(20-2)7-8-14(12)17/h7-9,11,13,15H,3-6H2,1-2H3,(H,18,19). The first kappa shape index (κ1) is 13.3. The highest BCUT2D eigenvalue weighted by molar-refractivity contribution is 5.81. The van der Waals surface area contributed by atoms with Crippen molar-refractivity contribution in [3.05, 3.63) is 23.8 Å². The lowest BCUT2D eigenvalue weighted by atomic mass is 9.70. The minimum atomic E-state index is -0.704.